The van der Waals surface area contributed by atoms with Gasteiger partial charge in [0, 0.05) is 13.6 Å². The molecule has 130 valence electrons. The van der Waals surface area contributed by atoms with E-state index in [1.165, 1.54) is 0 Å². The summed E-state index contributed by atoms with van der Waals surface area (Å²) in [6, 6.07) is 6.58. The van der Waals surface area contributed by atoms with Gasteiger partial charge in [0.1, 0.15) is 5.82 Å². The lowest BCUT2D eigenvalue weighted by atomic mass is 10.2. The Morgan fingerprint density at radius 1 is 1.28 bits per heavy atom. The van der Waals surface area contributed by atoms with Crippen LogP contribution < -0.4 is 10.0 Å². The molecule has 0 spiro atoms. The van der Waals surface area contributed by atoms with Crippen LogP contribution in [0.5, 0.6) is 0 Å². The van der Waals surface area contributed by atoms with E-state index in [0.717, 1.165) is 10.9 Å². The standard InChI is InChI=1S/C15H16N6O3S/c1-3-13-18-14(12-9-17-21(2)15(12)19-13)16-8-10-4-6-11(7-5-10)20-25(22,23)24/h3-7,9,20H,1,8H2,2H3,(H,16,18,19)(H,22,23,24). The maximum Gasteiger partial charge on any atom is 0.357 e. The Morgan fingerprint density at radius 2 is 2.00 bits per heavy atom. The smallest absolute Gasteiger partial charge is 0.357 e. The third-order valence-corrected chi connectivity index (χ3v) is 3.95. The van der Waals surface area contributed by atoms with E-state index in [4.69, 9.17) is 4.55 Å². The highest BCUT2D eigenvalue weighted by atomic mass is 32.2. The molecule has 2 aromatic heterocycles. The van der Waals surface area contributed by atoms with Crippen LogP contribution in [0.25, 0.3) is 17.1 Å². The van der Waals surface area contributed by atoms with Crippen LogP contribution >= 0.6 is 0 Å². The fourth-order valence-corrected chi connectivity index (χ4v) is 2.72. The molecule has 0 aliphatic carbocycles. The number of hydrogen-bond acceptors (Lipinski definition) is 6. The second-order valence-electron chi connectivity index (χ2n) is 5.27. The van der Waals surface area contributed by atoms with Crippen molar-refractivity contribution in [2.75, 3.05) is 10.0 Å². The zero-order chi connectivity index (χ0) is 18.0. The predicted octanol–water partition coefficient (Wildman–Crippen LogP) is 1.83. The second-order valence-corrected chi connectivity index (χ2v) is 6.42. The molecule has 9 nitrogen and oxygen atoms in total. The summed E-state index contributed by atoms with van der Waals surface area (Å²) in [6.45, 7) is 4.15. The van der Waals surface area contributed by atoms with Gasteiger partial charge in [-0.2, -0.15) is 13.5 Å². The van der Waals surface area contributed by atoms with Crippen molar-refractivity contribution in [2.24, 2.45) is 7.05 Å². The average Bonchev–Trinajstić information content (AvgIpc) is 2.94. The molecule has 1 aromatic carbocycles. The van der Waals surface area contributed by atoms with Crippen molar-refractivity contribution in [3.63, 3.8) is 0 Å². The third kappa shape index (κ3) is 3.92. The number of aromatic nitrogens is 4. The zero-order valence-electron chi connectivity index (χ0n) is 13.3. The molecule has 3 N–H and O–H groups in total. The minimum atomic E-state index is -4.28. The van der Waals surface area contributed by atoms with E-state index in [9.17, 15) is 8.42 Å². The summed E-state index contributed by atoms with van der Waals surface area (Å²) >= 11 is 0. The van der Waals surface area contributed by atoms with Gasteiger partial charge in [0.2, 0.25) is 0 Å². The number of anilines is 2. The lowest BCUT2D eigenvalue weighted by Crippen LogP contribution is -2.10. The second kappa shape index (κ2) is 6.49. The van der Waals surface area contributed by atoms with Crippen LogP contribution in [0.2, 0.25) is 0 Å². The monoisotopic (exact) mass is 360 g/mol. The average molecular weight is 360 g/mol. The Balaban J connectivity index is 1.79. The number of aryl methyl sites for hydroxylation is 1. The fraction of sp³-hybridized carbons (Fsp3) is 0.133. The van der Waals surface area contributed by atoms with Crippen LogP contribution in [-0.4, -0.2) is 32.7 Å². The predicted molar refractivity (Wildman–Crippen MR) is 95.3 cm³/mol. The normalized spacial score (nSPS) is 11.4. The third-order valence-electron chi connectivity index (χ3n) is 3.45. The van der Waals surface area contributed by atoms with Crippen LogP contribution in [0.15, 0.2) is 37.0 Å². The van der Waals surface area contributed by atoms with Crippen molar-refractivity contribution in [2.45, 2.75) is 6.54 Å². The van der Waals surface area contributed by atoms with Gasteiger partial charge in [0.15, 0.2) is 11.5 Å². The number of hydrogen-bond donors (Lipinski definition) is 3. The Bertz CT molecular complexity index is 1030. The van der Waals surface area contributed by atoms with Crippen molar-refractivity contribution in [3.8, 4) is 0 Å². The van der Waals surface area contributed by atoms with Crippen molar-refractivity contribution in [1.82, 2.24) is 19.7 Å². The Hall–Kier alpha value is -2.98. The van der Waals surface area contributed by atoms with E-state index in [-0.39, 0.29) is 5.69 Å². The summed E-state index contributed by atoms with van der Waals surface area (Å²) in [6.07, 6.45) is 3.25. The van der Waals surface area contributed by atoms with Crippen LogP contribution in [0, 0.1) is 0 Å². The largest absolute Gasteiger partial charge is 0.365 e. The first kappa shape index (κ1) is 16.9. The van der Waals surface area contributed by atoms with Gasteiger partial charge in [-0.25, -0.2) is 9.97 Å². The molecule has 0 unspecified atom stereocenters. The summed E-state index contributed by atoms with van der Waals surface area (Å²) < 4.78 is 34.0. The molecule has 0 aliphatic rings. The zero-order valence-corrected chi connectivity index (χ0v) is 14.2. The van der Waals surface area contributed by atoms with E-state index in [1.807, 2.05) is 4.72 Å². The minimum absolute atomic E-state index is 0.275. The first-order chi connectivity index (χ1) is 11.9. The molecule has 3 rings (SSSR count). The summed E-state index contributed by atoms with van der Waals surface area (Å²) in [5, 5.41) is 8.19. The highest BCUT2D eigenvalue weighted by molar-refractivity contribution is 7.87. The SMILES string of the molecule is C=Cc1nc(NCc2ccc(NS(=O)(=O)O)cc2)c2cnn(C)c2n1. The maximum absolute atomic E-state index is 10.8. The van der Waals surface area contributed by atoms with E-state index in [0.29, 0.717) is 23.8 Å². The molecule has 0 radical (unpaired) electrons. The number of nitrogens with one attached hydrogen (secondary N) is 2. The van der Waals surface area contributed by atoms with E-state index >= 15 is 0 Å². The Kier molecular flexibility index (Phi) is 4.38. The van der Waals surface area contributed by atoms with E-state index in [2.05, 4.69) is 27.0 Å². The van der Waals surface area contributed by atoms with Crippen molar-refractivity contribution in [1.29, 1.82) is 0 Å². The highest BCUT2D eigenvalue weighted by Crippen LogP contribution is 2.21. The van der Waals surface area contributed by atoms with Gasteiger partial charge >= 0.3 is 10.3 Å². The number of nitrogens with zero attached hydrogens (tertiary/aromatic N) is 4. The van der Waals surface area contributed by atoms with Crippen molar-refractivity contribution >= 4 is 38.9 Å². The van der Waals surface area contributed by atoms with Crippen molar-refractivity contribution in [3.05, 3.63) is 48.4 Å². The minimum Gasteiger partial charge on any atom is -0.365 e. The van der Waals surface area contributed by atoms with Gasteiger partial charge in [-0.15, -0.1) is 0 Å². The lowest BCUT2D eigenvalue weighted by molar-refractivity contribution is 0.489. The Morgan fingerprint density at radius 3 is 2.64 bits per heavy atom. The van der Waals surface area contributed by atoms with Crippen LogP contribution in [0.1, 0.15) is 11.4 Å². The molecule has 10 heteroatoms. The molecule has 2 heterocycles. The fourth-order valence-electron chi connectivity index (χ4n) is 2.29. The summed E-state index contributed by atoms with van der Waals surface area (Å²) in [5.74, 6) is 1.12. The first-order valence-corrected chi connectivity index (χ1v) is 8.70. The van der Waals surface area contributed by atoms with Gasteiger partial charge in [0.05, 0.1) is 17.3 Å². The summed E-state index contributed by atoms with van der Waals surface area (Å²) in [7, 11) is -2.48. The van der Waals surface area contributed by atoms with Crippen LogP contribution in [0.3, 0.4) is 0 Å². The molecule has 0 bridgehead atoms. The summed E-state index contributed by atoms with van der Waals surface area (Å²) in [4.78, 5) is 8.75. The molecule has 0 saturated heterocycles. The maximum atomic E-state index is 10.8. The first-order valence-electron chi connectivity index (χ1n) is 7.26. The van der Waals surface area contributed by atoms with Gasteiger partial charge in [-0.1, -0.05) is 18.7 Å². The van der Waals surface area contributed by atoms with Gasteiger partial charge in [-0.05, 0) is 23.8 Å². The molecule has 0 fully saturated rings. The van der Waals surface area contributed by atoms with Crippen molar-refractivity contribution < 1.29 is 13.0 Å². The summed E-state index contributed by atoms with van der Waals surface area (Å²) in [5.41, 5.74) is 1.87. The van der Waals surface area contributed by atoms with Crippen LogP contribution in [0.4, 0.5) is 11.5 Å². The molecule has 0 aliphatic heterocycles. The molecule has 0 amide bonds. The van der Waals surface area contributed by atoms with Gasteiger partial charge in [-0.3, -0.25) is 14.0 Å². The number of benzene rings is 1. The quantitative estimate of drug-likeness (QED) is 0.573. The molecule has 25 heavy (non-hydrogen) atoms. The number of fused-ring (bicyclic) bond motifs is 1. The molecule has 0 atom stereocenters. The molecular weight excluding hydrogens is 344 g/mol. The molecular formula is C15H16N6O3S. The van der Waals surface area contributed by atoms with Crippen LogP contribution in [-0.2, 0) is 23.9 Å². The topological polar surface area (TPSA) is 122 Å². The van der Waals surface area contributed by atoms with Gasteiger partial charge in [0.25, 0.3) is 0 Å². The number of rotatable bonds is 6. The Labute approximate surface area is 144 Å². The van der Waals surface area contributed by atoms with E-state index in [1.54, 1.807) is 48.3 Å². The highest BCUT2D eigenvalue weighted by Gasteiger charge is 2.10. The van der Waals surface area contributed by atoms with E-state index < -0.39 is 10.3 Å². The van der Waals surface area contributed by atoms with Gasteiger partial charge < -0.3 is 5.32 Å². The lowest BCUT2D eigenvalue weighted by Gasteiger charge is -2.09. The molecule has 0 saturated carbocycles. The molecule has 3 aromatic rings.